The molecule has 0 aliphatic heterocycles. The van der Waals surface area contributed by atoms with Gasteiger partial charge in [-0.2, -0.15) is 0 Å². The highest BCUT2D eigenvalue weighted by Crippen LogP contribution is 2.23. The van der Waals surface area contributed by atoms with Crippen molar-refractivity contribution >= 4 is 10.0 Å². The number of sulfonamides is 1. The van der Waals surface area contributed by atoms with Crippen LogP contribution in [0.15, 0.2) is 35.5 Å². The fourth-order valence-electron chi connectivity index (χ4n) is 1.95. The fraction of sp³-hybridized carbons (Fsp3) is 0.308. The van der Waals surface area contributed by atoms with Crippen LogP contribution in [0.2, 0.25) is 0 Å². The molecule has 114 valence electrons. The van der Waals surface area contributed by atoms with Crippen molar-refractivity contribution in [2.45, 2.75) is 24.4 Å². The zero-order valence-corrected chi connectivity index (χ0v) is 12.6. The second-order valence-corrected chi connectivity index (χ2v) is 6.21. The number of nitrogens with one attached hydrogen (secondary N) is 2. The summed E-state index contributed by atoms with van der Waals surface area (Å²) >= 11 is 0. The Morgan fingerprint density at radius 3 is 2.81 bits per heavy atom. The first kappa shape index (κ1) is 15.5. The molecule has 1 heterocycles. The maximum atomic E-state index is 12.4. The molecule has 0 radical (unpaired) electrons. The largest absolute Gasteiger partial charge is 0.496 e. The number of aromatic amines is 1. The van der Waals surface area contributed by atoms with Gasteiger partial charge in [-0.25, -0.2) is 18.1 Å². The van der Waals surface area contributed by atoms with Gasteiger partial charge in [0.2, 0.25) is 10.0 Å². The van der Waals surface area contributed by atoms with Gasteiger partial charge in [0.25, 0.3) is 0 Å². The van der Waals surface area contributed by atoms with Gasteiger partial charge in [-0.3, -0.25) is 0 Å². The molecule has 0 aliphatic carbocycles. The molecule has 1 unspecified atom stereocenters. The van der Waals surface area contributed by atoms with Gasteiger partial charge in [-0.05, 0) is 25.1 Å². The van der Waals surface area contributed by atoms with E-state index in [2.05, 4.69) is 14.7 Å². The lowest BCUT2D eigenvalue weighted by Gasteiger charge is -2.14. The van der Waals surface area contributed by atoms with Gasteiger partial charge in [0, 0.05) is 24.5 Å². The highest BCUT2D eigenvalue weighted by molar-refractivity contribution is 7.89. The van der Waals surface area contributed by atoms with E-state index in [1.165, 1.54) is 19.2 Å². The quantitative estimate of drug-likeness (QED) is 0.735. The highest BCUT2D eigenvalue weighted by Gasteiger charge is 2.20. The summed E-state index contributed by atoms with van der Waals surface area (Å²) in [6, 6.07) is 4.12. The molecule has 1 atom stereocenters. The van der Waals surface area contributed by atoms with E-state index in [-0.39, 0.29) is 11.4 Å². The Bertz CT molecular complexity index is 698. The van der Waals surface area contributed by atoms with Gasteiger partial charge >= 0.3 is 0 Å². The molecule has 2 aromatic rings. The number of aromatic nitrogens is 2. The second kappa shape index (κ2) is 6.25. The van der Waals surface area contributed by atoms with Crippen molar-refractivity contribution in [3.05, 3.63) is 42.0 Å². The minimum Gasteiger partial charge on any atom is -0.496 e. The van der Waals surface area contributed by atoms with E-state index < -0.39 is 16.1 Å². The van der Waals surface area contributed by atoms with Crippen molar-refractivity contribution in [3.8, 4) is 5.75 Å². The summed E-state index contributed by atoms with van der Waals surface area (Å²) < 4.78 is 32.4. The molecule has 1 aromatic carbocycles. The summed E-state index contributed by atoms with van der Waals surface area (Å²) in [6.07, 6.45) is 3.21. The number of hydrogen-bond acceptors (Lipinski definition) is 5. The summed E-state index contributed by atoms with van der Waals surface area (Å²) in [5.41, 5.74) is 6.24. The van der Waals surface area contributed by atoms with Crippen LogP contribution in [0.3, 0.4) is 0 Å². The van der Waals surface area contributed by atoms with Crippen molar-refractivity contribution in [2.24, 2.45) is 5.73 Å². The van der Waals surface area contributed by atoms with Crippen LogP contribution in [-0.4, -0.2) is 25.5 Å². The molecule has 0 spiro atoms. The zero-order chi connectivity index (χ0) is 15.5. The maximum absolute atomic E-state index is 12.4. The molecule has 0 fully saturated rings. The van der Waals surface area contributed by atoms with Crippen molar-refractivity contribution in [3.63, 3.8) is 0 Å². The van der Waals surface area contributed by atoms with E-state index in [4.69, 9.17) is 10.5 Å². The standard InChI is InChI=1S/C13H18N4O3S/c1-9(13-15-5-6-16-13)17-21(18,19)11-3-4-12(20-2)10(7-11)8-14/h3-7,9,17H,8,14H2,1-2H3,(H,15,16). The van der Waals surface area contributed by atoms with Crippen LogP contribution in [-0.2, 0) is 16.6 Å². The SMILES string of the molecule is COc1ccc(S(=O)(=O)NC(C)c2ncc[nH]2)cc1CN. The summed E-state index contributed by atoms with van der Waals surface area (Å²) in [7, 11) is -2.15. The summed E-state index contributed by atoms with van der Waals surface area (Å²) in [5, 5.41) is 0. The highest BCUT2D eigenvalue weighted by atomic mass is 32.2. The van der Waals surface area contributed by atoms with Crippen LogP contribution in [0.4, 0.5) is 0 Å². The van der Waals surface area contributed by atoms with E-state index in [0.29, 0.717) is 17.1 Å². The monoisotopic (exact) mass is 310 g/mol. The third-order valence-electron chi connectivity index (χ3n) is 3.04. The van der Waals surface area contributed by atoms with Gasteiger partial charge in [0.05, 0.1) is 18.0 Å². The van der Waals surface area contributed by atoms with E-state index in [0.717, 1.165) is 0 Å². The van der Waals surface area contributed by atoms with Gasteiger partial charge < -0.3 is 15.5 Å². The van der Waals surface area contributed by atoms with Crippen molar-refractivity contribution in [2.75, 3.05) is 7.11 Å². The minimum absolute atomic E-state index is 0.141. The third-order valence-corrected chi connectivity index (χ3v) is 4.58. The molecule has 1 aromatic heterocycles. The normalized spacial score (nSPS) is 13.1. The summed E-state index contributed by atoms with van der Waals surface area (Å²) in [6.45, 7) is 1.91. The van der Waals surface area contributed by atoms with Gasteiger partial charge in [-0.1, -0.05) is 0 Å². The van der Waals surface area contributed by atoms with Crippen LogP contribution in [0.1, 0.15) is 24.4 Å². The summed E-state index contributed by atoms with van der Waals surface area (Å²) in [5.74, 6) is 1.11. The molecule has 4 N–H and O–H groups in total. The van der Waals surface area contributed by atoms with Crippen molar-refractivity contribution in [1.82, 2.24) is 14.7 Å². The average Bonchev–Trinajstić information content (AvgIpc) is 3.00. The lowest BCUT2D eigenvalue weighted by molar-refractivity contribution is 0.409. The molecule has 0 saturated carbocycles. The van der Waals surface area contributed by atoms with Crippen LogP contribution < -0.4 is 15.2 Å². The molecule has 21 heavy (non-hydrogen) atoms. The minimum atomic E-state index is -3.66. The Morgan fingerprint density at radius 1 is 1.48 bits per heavy atom. The number of H-pyrrole nitrogens is 1. The number of hydrogen-bond donors (Lipinski definition) is 3. The smallest absolute Gasteiger partial charge is 0.241 e. The van der Waals surface area contributed by atoms with E-state index in [9.17, 15) is 8.42 Å². The third kappa shape index (κ3) is 3.41. The van der Waals surface area contributed by atoms with E-state index in [1.54, 1.807) is 25.4 Å². The van der Waals surface area contributed by atoms with Gasteiger partial charge in [0.15, 0.2) is 0 Å². The lowest BCUT2D eigenvalue weighted by atomic mass is 10.2. The number of rotatable bonds is 6. The summed E-state index contributed by atoms with van der Waals surface area (Å²) in [4.78, 5) is 7.05. The number of imidazole rings is 1. The number of benzene rings is 1. The number of nitrogens with zero attached hydrogens (tertiary/aromatic N) is 1. The number of methoxy groups -OCH3 is 1. The topological polar surface area (TPSA) is 110 Å². The van der Waals surface area contributed by atoms with Gasteiger partial charge in [-0.15, -0.1) is 0 Å². The van der Waals surface area contributed by atoms with E-state index >= 15 is 0 Å². The molecule has 0 amide bonds. The van der Waals surface area contributed by atoms with Crippen LogP contribution in [0, 0.1) is 0 Å². The number of nitrogens with two attached hydrogens (primary N) is 1. The van der Waals surface area contributed by atoms with Crippen molar-refractivity contribution < 1.29 is 13.2 Å². The number of ether oxygens (including phenoxy) is 1. The zero-order valence-electron chi connectivity index (χ0n) is 11.8. The molecule has 0 aliphatic rings. The average molecular weight is 310 g/mol. The van der Waals surface area contributed by atoms with Crippen LogP contribution in [0.25, 0.3) is 0 Å². The first-order valence-electron chi connectivity index (χ1n) is 6.36. The Balaban J connectivity index is 2.27. The van der Waals surface area contributed by atoms with Gasteiger partial charge in [0.1, 0.15) is 11.6 Å². The molecule has 2 rings (SSSR count). The maximum Gasteiger partial charge on any atom is 0.241 e. The second-order valence-electron chi connectivity index (χ2n) is 4.50. The molecular weight excluding hydrogens is 292 g/mol. The molecule has 7 nitrogen and oxygen atoms in total. The fourth-order valence-corrected chi connectivity index (χ4v) is 3.21. The van der Waals surface area contributed by atoms with Crippen LogP contribution >= 0.6 is 0 Å². The predicted molar refractivity (Wildman–Crippen MR) is 78.2 cm³/mol. The Kier molecular flexibility index (Phi) is 4.61. The molecular formula is C13H18N4O3S. The molecule has 0 saturated heterocycles. The Hall–Kier alpha value is -1.90. The van der Waals surface area contributed by atoms with Crippen molar-refractivity contribution in [1.29, 1.82) is 0 Å². The first-order chi connectivity index (χ1) is 9.97. The predicted octanol–water partition coefficient (Wildman–Crippen LogP) is 0.916. The lowest BCUT2D eigenvalue weighted by Crippen LogP contribution is -2.27. The first-order valence-corrected chi connectivity index (χ1v) is 7.85. The molecule has 8 heteroatoms. The van der Waals surface area contributed by atoms with Crippen LogP contribution in [0.5, 0.6) is 5.75 Å². The Morgan fingerprint density at radius 2 is 2.24 bits per heavy atom. The van der Waals surface area contributed by atoms with E-state index in [1.807, 2.05) is 0 Å². The molecule has 0 bridgehead atoms. The Labute approximate surface area is 123 Å².